The number of amidine groups is 1. The third kappa shape index (κ3) is 2.65. The highest BCUT2D eigenvalue weighted by Gasteiger charge is 2.27. The Labute approximate surface area is 121 Å². The molecule has 1 aliphatic rings. The maximum atomic E-state index is 7.86. The van der Waals surface area contributed by atoms with E-state index in [0.717, 1.165) is 30.6 Å². The molecule has 0 saturated carbocycles. The highest BCUT2D eigenvalue weighted by atomic mass is 15.2. The molecule has 0 fully saturated rings. The van der Waals surface area contributed by atoms with Crippen LogP contribution in [0.15, 0.2) is 6.07 Å². The summed E-state index contributed by atoms with van der Waals surface area (Å²) in [6.45, 7) is 6.55. The number of nitrogens with one attached hydrogen (secondary N) is 1. The summed E-state index contributed by atoms with van der Waals surface area (Å²) in [6, 6.07) is 2.08. The van der Waals surface area contributed by atoms with Crippen molar-refractivity contribution in [3.8, 4) is 0 Å². The van der Waals surface area contributed by atoms with Crippen LogP contribution in [-0.2, 0) is 12.8 Å². The third-order valence-corrected chi connectivity index (χ3v) is 4.66. The molecule has 3 N–H and O–H groups in total. The van der Waals surface area contributed by atoms with E-state index in [-0.39, 0.29) is 11.4 Å². The van der Waals surface area contributed by atoms with E-state index in [0.29, 0.717) is 0 Å². The van der Waals surface area contributed by atoms with Crippen molar-refractivity contribution < 1.29 is 0 Å². The molecule has 4 heteroatoms. The van der Waals surface area contributed by atoms with Gasteiger partial charge in [0.15, 0.2) is 0 Å². The average molecular weight is 274 g/mol. The topological polar surface area (TPSA) is 66.0 Å². The molecule has 0 aliphatic heterocycles. The quantitative estimate of drug-likeness (QED) is 0.655. The van der Waals surface area contributed by atoms with Crippen LogP contribution in [0.4, 0.5) is 5.82 Å². The first-order chi connectivity index (χ1) is 9.36. The minimum atomic E-state index is 0.000103. The number of aryl methyl sites for hydroxylation is 2. The van der Waals surface area contributed by atoms with Gasteiger partial charge >= 0.3 is 0 Å². The molecule has 1 aromatic rings. The fourth-order valence-corrected chi connectivity index (χ4v) is 2.60. The number of pyridine rings is 1. The maximum absolute atomic E-state index is 7.86. The van der Waals surface area contributed by atoms with Gasteiger partial charge in [-0.3, -0.25) is 5.41 Å². The maximum Gasteiger partial charge on any atom is 0.140 e. The molecular weight excluding hydrogens is 248 g/mol. The van der Waals surface area contributed by atoms with Gasteiger partial charge in [0.05, 0.1) is 5.56 Å². The van der Waals surface area contributed by atoms with Crippen LogP contribution < -0.4 is 10.6 Å². The van der Waals surface area contributed by atoms with Gasteiger partial charge in [0.2, 0.25) is 0 Å². The van der Waals surface area contributed by atoms with Gasteiger partial charge in [-0.15, -0.1) is 0 Å². The molecule has 0 aromatic carbocycles. The van der Waals surface area contributed by atoms with Crippen LogP contribution in [0.3, 0.4) is 0 Å². The second-order valence-electron chi connectivity index (χ2n) is 6.31. The Balaban J connectivity index is 2.53. The standard InChI is InChI=1S/C16H26N4/c1-5-16(2,3)20(4)15-12(14(17)18)10-11-8-6-7-9-13(11)19-15/h10H,5-9H2,1-4H3,(H3,17,18). The van der Waals surface area contributed by atoms with Gasteiger partial charge in [0.25, 0.3) is 0 Å². The summed E-state index contributed by atoms with van der Waals surface area (Å²) in [5.41, 5.74) is 9.02. The number of anilines is 1. The fourth-order valence-electron chi connectivity index (χ4n) is 2.60. The summed E-state index contributed by atoms with van der Waals surface area (Å²) in [6.07, 6.45) is 5.53. The van der Waals surface area contributed by atoms with E-state index in [1.165, 1.54) is 24.1 Å². The van der Waals surface area contributed by atoms with Gasteiger partial charge in [-0.25, -0.2) is 4.98 Å². The summed E-state index contributed by atoms with van der Waals surface area (Å²) in [7, 11) is 2.05. The summed E-state index contributed by atoms with van der Waals surface area (Å²) < 4.78 is 0. The highest BCUT2D eigenvalue weighted by molar-refractivity contribution is 6.00. The number of rotatable bonds is 4. The van der Waals surface area contributed by atoms with Gasteiger partial charge in [-0.2, -0.15) is 0 Å². The molecule has 20 heavy (non-hydrogen) atoms. The number of aromatic nitrogens is 1. The van der Waals surface area contributed by atoms with Crippen molar-refractivity contribution in [3.05, 3.63) is 22.9 Å². The van der Waals surface area contributed by atoms with Crippen LogP contribution in [0.1, 0.15) is 56.9 Å². The zero-order valence-electron chi connectivity index (χ0n) is 13.1. The molecule has 0 bridgehead atoms. The van der Waals surface area contributed by atoms with Crippen molar-refractivity contribution in [1.82, 2.24) is 4.98 Å². The number of hydrogen-bond acceptors (Lipinski definition) is 3. The number of fused-ring (bicyclic) bond motifs is 1. The summed E-state index contributed by atoms with van der Waals surface area (Å²) in [5, 5.41) is 7.86. The van der Waals surface area contributed by atoms with Crippen molar-refractivity contribution >= 4 is 11.7 Å². The average Bonchev–Trinajstić information content (AvgIpc) is 2.44. The Kier molecular flexibility index (Phi) is 4.02. The Morgan fingerprint density at radius 2 is 2.05 bits per heavy atom. The van der Waals surface area contributed by atoms with Gasteiger partial charge in [0.1, 0.15) is 11.7 Å². The van der Waals surface area contributed by atoms with Gasteiger partial charge in [0, 0.05) is 18.3 Å². The monoisotopic (exact) mass is 274 g/mol. The third-order valence-electron chi connectivity index (χ3n) is 4.66. The number of nitrogens with two attached hydrogens (primary N) is 1. The first kappa shape index (κ1) is 14.8. The predicted octanol–water partition coefficient (Wildman–Crippen LogP) is 2.87. The molecule has 1 aliphatic carbocycles. The van der Waals surface area contributed by atoms with E-state index in [1.54, 1.807) is 0 Å². The lowest BCUT2D eigenvalue weighted by Gasteiger charge is -2.37. The molecule has 110 valence electrons. The van der Waals surface area contributed by atoms with Crippen LogP contribution in [0.25, 0.3) is 0 Å². The van der Waals surface area contributed by atoms with Crippen molar-refractivity contribution in [3.63, 3.8) is 0 Å². The van der Waals surface area contributed by atoms with Crippen LogP contribution in [0, 0.1) is 5.41 Å². The largest absolute Gasteiger partial charge is 0.384 e. The van der Waals surface area contributed by atoms with Gasteiger partial charge in [-0.05, 0) is 57.6 Å². The first-order valence-electron chi connectivity index (χ1n) is 7.48. The number of hydrogen-bond donors (Lipinski definition) is 2. The van der Waals surface area contributed by atoms with Crippen molar-refractivity contribution in [1.29, 1.82) is 5.41 Å². The first-order valence-corrected chi connectivity index (χ1v) is 7.48. The van der Waals surface area contributed by atoms with E-state index >= 15 is 0 Å². The molecule has 0 atom stereocenters. The lowest BCUT2D eigenvalue weighted by Crippen LogP contribution is -2.42. The normalized spacial score (nSPS) is 14.8. The molecule has 1 heterocycles. The SMILES string of the molecule is CCC(C)(C)N(C)c1nc2c(cc1C(=N)N)CCCC2. The van der Waals surface area contributed by atoms with Gasteiger partial charge < -0.3 is 10.6 Å². The number of nitrogen functional groups attached to an aromatic ring is 1. The lowest BCUT2D eigenvalue weighted by molar-refractivity contribution is 0.466. The van der Waals surface area contributed by atoms with Crippen molar-refractivity contribution in [2.75, 3.05) is 11.9 Å². The Hall–Kier alpha value is -1.58. The van der Waals surface area contributed by atoms with E-state index in [4.69, 9.17) is 16.1 Å². The van der Waals surface area contributed by atoms with E-state index in [9.17, 15) is 0 Å². The van der Waals surface area contributed by atoms with Gasteiger partial charge in [-0.1, -0.05) is 6.92 Å². The van der Waals surface area contributed by atoms with Crippen molar-refractivity contribution in [2.45, 2.75) is 58.4 Å². The Morgan fingerprint density at radius 1 is 1.40 bits per heavy atom. The zero-order chi connectivity index (χ0) is 14.9. The van der Waals surface area contributed by atoms with Crippen LogP contribution >= 0.6 is 0 Å². The molecule has 4 nitrogen and oxygen atoms in total. The van der Waals surface area contributed by atoms with Crippen LogP contribution in [0.2, 0.25) is 0 Å². The van der Waals surface area contributed by atoms with E-state index < -0.39 is 0 Å². The number of nitrogens with zero attached hydrogens (tertiary/aromatic N) is 2. The molecule has 0 saturated heterocycles. The smallest absolute Gasteiger partial charge is 0.140 e. The molecule has 0 unspecified atom stereocenters. The minimum absolute atomic E-state index is 0.000103. The predicted molar refractivity (Wildman–Crippen MR) is 84.7 cm³/mol. The second kappa shape index (κ2) is 5.43. The highest BCUT2D eigenvalue weighted by Crippen LogP contribution is 2.30. The Bertz CT molecular complexity index is 519. The van der Waals surface area contributed by atoms with Crippen LogP contribution in [-0.4, -0.2) is 23.4 Å². The van der Waals surface area contributed by atoms with Crippen molar-refractivity contribution in [2.24, 2.45) is 5.73 Å². The summed E-state index contributed by atoms with van der Waals surface area (Å²) >= 11 is 0. The summed E-state index contributed by atoms with van der Waals surface area (Å²) in [5.74, 6) is 0.963. The molecule has 0 spiro atoms. The molecule has 1 aromatic heterocycles. The summed E-state index contributed by atoms with van der Waals surface area (Å²) in [4.78, 5) is 7.02. The van der Waals surface area contributed by atoms with E-state index in [2.05, 4.69) is 31.7 Å². The second-order valence-corrected chi connectivity index (χ2v) is 6.31. The fraction of sp³-hybridized carbons (Fsp3) is 0.625. The Morgan fingerprint density at radius 3 is 2.65 bits per heavy atom. The van der Waals surface area contributed by atoms with E-state index in [1.807, 2.05) is 7.05 Å². The van der Waals surface area contributed by atoms with Crippen LogP contribution in [0.5, 0.6) is 0 Å². The minimum Gasteiger partial charge on any atom is -0.384 e. The molecular formula is C16H26N4. The molecule has 2 rings (SSSR count). The lowest BCUT2D eigenvalue weighted by atomic mass is 9.93. The molecule has 0 radical (unpaired) electrons. The molecule has 0 amide bonds. The zero-order valence-corrected chi connectivity index (χ0v) is 13.1.